The number of ketones is 1. The van der Waals surface area contributed by atoms with Crippen LogP contribution in [-0.4, -0.2) is 16.9 Å². The largest absolute Gasteiger partial charge is 0.481 e. The minimum absolute atomic E-state index is 0.0914. The van der Waals surface area contributed by atoms with Crippen molar-refractivity contribution in [3.05, 3.63) is 0 Å². The minimum Gasteiger partial charge on any atom is -0.481 e. The first-order valence-corrected chi connectivity index (χ1v) is 4.46. The van der Waals surface area contributed by atoms with Crippen molar-refractivity contribution < 1.29 is 14.7 Å². The molecule has 0 spiro atoms. The van der Waals surface area contributed by atoms with E-state index in [9.17, 15) is 9.59 Å². The number of aliphatic carboxylic acids is 1. The Kier molecular flexibility index (Phi) is 0.955. The summed E-state index contributed by atoms with van der Waals surface area (Å²) < 4.78 is 0. The van der Waals surface area contributed by atoms with Gasteiger partial charge in [-0.2, -0.15) is 0 Å². The van der Waals surface area contributed by atoms with Gasteiger partial charge in [-0.25, -0.2) is 0 Å². The third kappa shape index (κ3) is 0.490. The molecule has 0 heterocycles. The predicted molar refractivity (Wildman–Crippen MR) is 39.3 cm³/mol. The predicted octanol–water partition coefficient (Wildman–Crippen LogP) is 0.542. The fourth-order valence-electron chi connectivity index (χ4n) is 3.56. The van der Waals surface area contributed by atoms with E-state index < -0.39 is 5.97 Å². The molecule has 0 aromatic heterocycles. The van der Waals surface area contributed by atoms with Gasteiger partial charge < -0.3 is 5.11 Å². The molecule has 1 N–H and O–H groups in total. The molecule has 3 aliphatic carbocycles. The second kappa shape index (κ2) is 1.73. The summed E-state index contributed by atoms with van der Waals surface area (Å²) >= 11 is 0. The fourth-order valence-corrected chi connectivity index (χ4v) is 3.56. The molecular weight excluding hydrogens is 156 g/mol. The van der Waals surface area contributed by atoms with Gasteiger partial charge >= 0.3 is 5.97 Å². The zero-order valence-electron chi connectivity index (χ0n) is 6.56. The minimum atomic E-state index is -0.751. The molecule has 0 aliphatic heterocycles. The summed E-state index contributed by atoms with van der Waals surface area (Å²) in [5, 5.41) is 8.90. The average Bonchev–Trinajstić information content (AvgIpc) is 2.55. The fraction of sp³-hybridized carbons (Fsp3) is 0.778. The number of carbonyl (C=O) groups is 2. The monoisotopic (exact) mass is 166 g/mol. The second-order valence-electron chi connectivity index (χ2n) is 4.29. The first-order valence-electron chi connectivity index (χ1n) is 4.46. The molecule has 0 aromatic carbocycles. The molecular formula is C9H10O3. The zero-order chi connectivity index (χ0) is 8.46. The van der Waals surface area contributed by atoms with Crippen molar-refractivity contribution in [2.24, 2.45) is 29.6 Å². The van der Waals surface area contributed by atoms with Crippen LogP contribution in [0, 0.1) is 29.6 Å². The van der Waals surface area contributed by atoms with Crippen molar-refractivity contribution in [1.82, 2.24) is 0 Å². The summed E-state index contributed by atoms with van der Waals surface area (Å²) in [6, 6.07) is 0. The maximum Gasteiger partial charge on any atom is 0.307 e. The number of carboxylic acid groups (broad SMARTS) is 1. The summed E-state index contributed by atoms with van der Waals surface area (Å²) in [6.07, 6.45) is 1.86. The van der Waals surface area contributed by atoms with Gasteiger partial charge in [-0.15, -0.1) is 0 Å². The molecule has 12 heavy (non-hydrogen) atoms. The maximum absolute atomic E-state index is 11.3. The number of fused-ring (bicyclic) bond motifs is 1. The summed E-state index contributed by atoms with van der Waals surface area (Å²) in [4.78, 5) is 22.2. The van der Waals surface area contributed by atoms with Crippen molar-refractivity contribution in [3.63, 3.8) is 0 Å². The van der Waals surface area contributed by atoms with Crippen molar-refractivity contribution in [2.45, 2.75) is 12.8 Å². The van der Waals surface area contributed by atoms with Crippen LogP contribution in [0.2, 0.25) is 0 Å². The Morgan fingerprint density at radius 1 is 1.42 bits per heavy atom. The van der Waals surface area contributed by atoms with E-state index in [1.54, 1.807) is 0 Å². The molecule has 0 saturated heterocycles. The van der Waals surface area contributed by atoms with E-state index in [2.05, 4.69) is 0 Å². The summed E-state index contributed by atoms with van der Waals surface area (Å²) in [7, 11) is 0. The summed E-state index contributed by atoms with van der Waals surface area (Å²) in [5.74, 6) is 0.0956. The Bertz CT molecular complexity index is 283. The van der Waals surface area contributed by atoms with Gasteiger partial charge in [0.2, 0.25) is 0 Å². The van der Waals surface area contributed by atoms with E-state index in [0.29, 0.717) is 11.8 Å². The van der Waals surface area contributed by atoms with Gasteiger partial charge in [0.25, 0.3) is 0 Å². The van der Waals surface area contributed by atoms with E-state index in [4.69, 9.17) is 5.11 Å². The molecule has 5 unspecified atom stereocenters. The first-order chi connectivity index (χ1) is 5.70. The van der Waals surface area contributed by atoms with Gasteiger partial charge in [-0.3, -0.25) is 9.59 Å². The van der Waals surface area contributed by atoms with Crippen LogP contribution in [0.3, 0.4) is 0 Å². The Hall–Kier alpha value is -0.860. The van der Waals surface area contributed by atoms with Crippen molar-refractivity contribution >= 4 is 11.8 Å². The van der Waals surface area contributed by atoms with Crippen LogP contribution in [0.1, 0.15) is 12.8 Å². The highest BCUT2D eigenvalue weighted by molar-refractivity contribution is 5.96. The van der Waals surface area contributed by atoms with Gasteiger partial charge in [0, 0.05) is 11.8 Å². The Balaban J connectivity index is 1.99. The Morgan fingerprint density at radius 2 is 2.17 bits per heavy atom. The van der Waals surface area contributed by atoms with Crippen molar-refractivity contribution in [3.8, 4) is 0 Å². The lowest BCUT2D eigenvalue weighted by Gasteiger charge is -2.42. The number of carbonyl (C=O) groups excluding carboxylic acids is 1. The molecule has 2 bridgehead atoms. The lowest BCUT2D eigenvalue weighted by Crippen LogP contribution is -2.51. The molecule has 0 aromatic rings. The van der Waals surface area contributed by atoms with Crippen LogP contribution in [0.25, 0.3) is 0 Å². The van der Waals surface area contributed by atoms with E-state index >= 15 is 0 Å². The van der Waals surface area contributed by atoms with Crippen LogP contribution in [-0.2, 0) is 9.59 Å². The molecule has 3 aliphatic rings. The van der Waals surface area contributed by atoms with Crippen LogP contribution in [0.4, 0.5) is 0 Å². The molecule has 5 atom stereocenters. The summed E-state index contributed by atoms with van der Waals surface area (Å²) in [5.41, 5.74) is 0. The first kappa shape index (κ1) is 6.63. The van der Waals surface area contributed by atoms with Crippen molar-refractivity contribution in [2.75, 3.05) is 0 Å². The highest BCUT2D eigenvalue weighted by Gasteiger charge is 2.67. The van der Waals surface area contributed by atoms with E-state index in [1.165, 1.54) is 0 Å². The van der Waals surface area contributed by atoms with Crippen LogP contribution >= 0.6 is 0 Å². The van der Waals surface area contributed by atoms with Crippen LogP contribution in [0.5, 0.6) is 0 Å². The highest BCUT2D eigenvalue weighted by Crippen LogP contribution is 2.63. The number of carboxylic acids is 1. The molecule has 3 fully saturated rings. The smallest absolute Gasteiger partial charge is 0.307 e. The van der Waals surface area contributed by atoms with Crippen LogP contribution < -0.4 is 0 Å². The highest BCUT2D eigenvalue weighted by atomic mass is 16.4. The molecule has 0 radical (unpaired) electrons. The Labute approximate surface area is 69.8 Å². The van der Waals surface area contributed by atoms with Gasteiger partial charge in [0.05, 0.1) is 5.92 Å². The topological polar surface area (TPSA) is 54.4 Å². The van der Waals surface area contributed by atoms with Gasteiger partial charge in [0.15, 0.2) is 0 Å². The van der Waals surface area contributed by atoms with Crippen LogP contribution in [0.15, 0.2) is 0 Å². The molecule has 0 amide bonds. The lowest BCUT2D eigenvalue weighted by atomic mass is 9.58. The van der Waals surface area contributed by atoms with Gasteiger partial charge in [-0.05, 0) is 24.7 Å². The normalized spacial score (nSPS) is 54.0. The number of rotatable bonds is 1. The van der Waals surface area contributed by atoms with Crippen molar-refractivity contribution in [1.29, 1.82) is 0 Å². The number of Topliss-reactive ketones (excluding diaryl/α,β-unsaturated/α-hetero) is 1. The SMILES string of the molecule is O=C(O)C1C2CC3C(=O)C1C3C2. The third-order valence-electron chi connectivity index (χ3n) is 3.98. The van der Waals surface area contributed by atoms with E-state index in [-0.39, 0.29) is 23.5 Å². The number of hydrogen-bond acceptors (Lipinski definition) is 2. The maximum atomic E-state index is 11.3. The van der Waals surface area contributed by atoms with E-state index in [1.807, 2.05) is 0 Å². The summed E-state index contributed by atoms with van der Waals surface area (Å²) in [6.45, 7) is 0. The molecule has 3 heteroatoms. The molecule has 3 nitrogen and oxygen atoms in total. The second-order valence-corrected chi connectivity index (χ2v) is 4.29. The standard InChI is InChI=1S/C9H10O3/c10-8-5-2-3-1-4(5)7(8)6(3)9(11)12/h3-7H,1-2H2,(H,11,12). The van der Waals surface area contributed by atoms with Gasteiger partial charge in [-0.1, -0.05) is 0 Å². The molecule has 3 rings (SSSR count). The molecule has 3 saturated carbocycles. The lowest BCUT2D eigenvalue weighted by molar-refractivity contribution is -0.160. The quantitative estimate of drug-likeness (QED) is 0.618. The van der Waals surface area contributed by atoms with Gasteiger partial charge in [0.1, 0.15) is 5.78 Å². The molecule has 64 valence electrons. The average molecular weight is 166 g/mol. The Morgan fingerprint density at radius 3 is 2.67 bits per heavy atom. The third-order valence-corrected chi connectivity index (χ3v) is 3.98. The number of hydrogen-bond donors (Lipinski definition) is 1. The zero-order valence-corrected chi connectivity index (χ0v) is 6.56. The van der Waals surface area contributed by atoms with E-state index in [0.717, 1.165) is 12.8 Å².